The van der Waals surface area contributed by atoms with Crippen LogP contribution in [0.5, 0.6) is 5.75 Å². The fourth-order valence-corrected chi connectivity index (χ4v) is 4.15. The SMILES string of the molecule is CCOC(=O)C1=NC(S(C)(=O)=O)N(OC)C(Oc2cc(C3=NCCN3)cc(N(C)C)c2)=C1[N+](=O)[O-]. The van der Waals surface area contributed by atoms with Gasteiger partial charge in [-0.3, -0.25) is 19.9 Å². The predicted molar refractivity (Wildman–Crippen MR) is 126 cm³/mol. The second kappa shape index (κ2) is 10.3. The minimum atomic E-state index is -4.05. The predicted octanol–water partition coefficient (Wildman–Crippen LogP) is 0.136. The average Bonchev–Trinajstić information content (AvgIpc) is 3.32. The van der Waals surface area contributed by atoms with E-state index in [1.165, 1.54) is 6.92 Å². The molecule has 0 aromatic heterocycles. The maximum atomic E-state index is 12.5. The first-order valence-corrected chi connectivity index (χ1v) is 12.4. The Morgan fingerprint density at radius 2 is 2.06 bits per heavy atom. The Kier molecular flexibility index (Phi) is 7.60. The van der Waals surface area contributed by atoms with E-state index in [2.05, 4.69) is 15.3 Å². The quantitative estimate of drug-likeness (QED) is 0.273. The number of nitrogens with zero attached hydrogens (tertiary/aromatic N) is 5. The van der Waals surface area contributed by atoms with Gasteiger partial charge < -0.3 is 19.7 Å². The van der Waals surface area contributed by atoms with Gasteiger partial charge in [-0.05, 0) is 19.1 Å². The lowest BCUT2D eigenvalue weighted by molar-refractivity contribution is -0.421. The van der Waals surface area contributed by atoms with Gasteiger partial charge in [0.15, 0.2) is 9.84 Å². The number of esters is 1. The smallest absolute Gasteiger partial charge is 0.364 e. The van der Waals surface area contributed by atoms with Crippen molar-refractivity contribution in [1.29, 1.82) is 0 Å². The average molecular weight is 511 g/mol. The normalized spacial score (nSPS) is 18.0. The molecule has 190 valence electrons. The molecule has 0 fully saturated rings. The lowest BCUT2D eigenvalue weighted by Crippen LogP contribution is -2.47. The number of carbonyl (C=O) groups is 1. The van der Waals surface area contributed by atoms with Crippen molar-refractivity contribution in [3.8, 4) is 5.75 Å². The van der Waals surface area contributed by atoms with Crippen LogP contribution in [0.1, 0.15) is 12.5 Å². The van der Waals surface area contributed by atoms with E-state index in [4.69, 9.17) is 14.3 Å². The zero-order valence-corrected chi connectivity index (χ0v) is 20.7. The number of carbonyl (C=O) groups excluding carboxylic acids is 1. The second-order valence-electron chi connectivity index (χ2n) is 7.64. The minimum Gasteiger partial charge on any atom is -0.461 e. The van der Waals surface area contributed by atoms with Crippen molar-refractivity contribution in [3.05, 3.63) is 45.5 Å². The molecule has 2 heterocycles. The first-order chi connectivity index (χ1) is 16.5. The molecule has 1 unspecified atom stereocenters. The van der Waals surface area contributed by atoms with Gasteiger partial charge in [-0.25, -0.2) is 18.2 Å². The van der Waals surface area contributed by atoms with Gasteiger partial charge in [-0.2, -0.15) is 5.06 Å². The summed E-state index contributed by atoms with van der Waals surface area (Å²) in [6.45, 7) is 2.63. The van der Waals surface area contributed by atoms with Crippen LogP contribution < -0.4 is 15.0 Å². The molecular weight excluding hydrogens is 484 g/mol. The van der Waals surface area contributed by atoms with E-state index < -0.39 is 43.5 Å². The lowest BCUT2D eigenvalue weighted by Gasteiger charge is -2.31. The largest absolute Gasteiger partial charge is 0.461 e. The van der Waals surface area contributed by atoms with Crippen LogP contribution in [0.3, 0.4) is 0 Å². The molecule has 2 aliphatic heterocycles. The molecule has 0 bridgehead atoms. The molecule has 1 atom stereocenters. The third-order valence-corrected chi connectivity index (χ3v) is 5.93. The topological polar surface area (TPSA) is 165 Å². The molecule has 0 amide bonds. The van der Waals surface area contributed by atoms with Crippen molar-refractivity contribution in [1.82, 2.24) is 10.4 Å². The van der Waals surface area contributed by atoms with Crippen LogP contribution in [0.25, 0.3) is 0 Å². The first-order valence-electron chi connectivity index (χ1n) is 10.4. The Bertz CT molecular complexity index is 1220. The number of hydrogen-bond acceptors (Lipinski definition) is 13. The number of ether oxygens (including phenoxy) is 2. The molecule has 1 aromatic rings. The standard InChI is InChI=1S/C20H26N6O8S/c1-6-33-19(27)15-16(26(28)29)18(25(32-4)20(23-15)35(5,30)31)34-14-10-12(17-21-7-8-22-17)9-13(11-14)24(2)3/h9-11,20H,6-8H2,1-5H3,(H,21,22). The summed E-state index contributed by atoms with van der Waals surface area (Å²) in [7, 11) is 0.633. The van der Waals surface area contributed by atoms with Crippen LogP contribution in [0.15, 0.2) is 39.8 Å². The van der Waals surface area contributed by atoms with Crippen LogP contribution in [-0.2, 0) is 24.2 Å². The van der Waals surface area contributed by atoms with Gasteiger partial charge >= 0.3 is 17.5 Å². The summed E-state index contributed by atoms with van der Waals surface area (Å²) in [4.78, 5) is 38.8. The molecule has 0 radical (unpaired) electrons. The summed E-state index contributed by atoms with van der Waals surface area (Å²) in [5.41, 5.74) is -2.22. The number of aliphatic imine (C=N–C) groups is 2. The van der Waals surface area contributed by atoms with E-state index in [0.29, 0.717) is 35.2 Å². The number of rotatable bonds is 9. The van der Waals surface area contributed by atoms with Gasteiger partial charge in [0.2, 0.25) is 5.71 Å². The second-order valence-corrected chi connectivity index (χ2v) is 9.72. The van der Waals surface area contributed by atoms with Crippen LogP contribution in [-0.4, -0.2) is 88.6 Å². The number of hydrogen-bond donors (Lipinski definition) is 1. The van der Waals surface area contributed by atoms with Crippen molar-refractivity contribution in [2.24, 2.45) is 9.98 Å². The highest BCUT2D eigenvalue weighted by Crippen LogP contribution is 2.31. The molecule has 2 aliphatic rings. The number of amidine groups is 1. The maximum absolute atomic E-state index is 12.5. The van der Waals surface area contributed by atoms with E-state index in [1.807, 2.05) is 6.07 Å². The van der Waals surface area contributed by atoms with E-state index in [-0.39, 0.29) is 12.4 Å². The highest BCUT2D eigenvalue weighted by atomic mass is 32.2. The highest BCUT2D eigenvalue weighted by molar-refractivity contribution is 7.91. The third-order valence-electron chi connectivity index (χ3n) is 4.87. The summed E-state index contributed by atoms with van der Waals surface area (Å²) in [5, 5.41) is 15.8. The molecule has 0 saturated heterocycles. The molecule has 0 aliphatic carbocycles. The number of nitro groups is 1. The van der Waals surface area contributed by atoms with Gasteiger partial charge in [0.1, 0.15) is 11.6 Å². The summed E-state index contributed by atoms with van der Waals surface area (Å²) < 4.78 is 35.7. The fourth-order valence-electron chi connectivity index (χ4n) is 3.32. The number of nitrogens with one attached hydrogen (secondary N) is 1. The van der Waals surface area contributed by atoms with Crippen molar-refractivity contribution >= 4 is 33.0 Å². The van der Waals surface area contributed by atoms with Gasteiger partial charge in [0, 0.05) is 44.2 Å². The van der Waals surface area contributed by atoms with E-state index in [9.17, 15) is 23.3 Å². The zero-order chi connectivity index (χ0) is 25.9. The van der Waals surface area contributed by atoms with Crippen LogP contribution in [0.2, 0.25) is 0 Å². The molecule has 1 N–H and O–H groups in total. The molecule has 14 nitrogen and oxygen atoms in total. The lowest BCUT2D eigenvalue weighted by atomic mass is 10.1. The summed E-state index contributed by atoms with van der Waals surface area (Å²) in [6, 6.07) is 5.00. The summed E-state index contributed by atoms with van der Waals surface area (Å²) >= 11 is 0. The van der Waals surface area contributed by atoms with Crippen molar-refractivity contribution in [3.63, 3.8) is 0 Å². The van der Waals surface area contributed by atoms with Gasteiger partial charge in [0.25, 0.3) is 5.50 Å². The Labute approximate surface area is 201 Å². The molecule has 15 heteroatoms. The Hall–Kier alpha value is -3.72. The molecule has 0 saturated carbocycles. The number of anilines is 1. The number of benzene rings is 1. The highest BCUT2D eigenvalue weighted by Gasteiger charge is 2.47. The molecule has 3 rings (SSSR count). The van der Waals surface area contributed by atoms with Crippen LogP contribution in [0.4, 0.5) is 5.69 Å². The molecule has 35 heavy (non-hydrogen) atoms. The zero-order valence-electron chi connectivity index (χ0n) is 19.8. The third kappa shape index (κ3) is 5.51. The van der Waals surface area contributed by atoms with Crippen molar-refractivity contribution in [2.45, 2.75) is 12.4 Å². The molecule has 0 spiro atoms. The van der Waals surface area contributed by atoms with Crippen molar-refractivity contribution in [2.75, 3.05) is 52.1 Å². The Balaban J connectivity index is 2.22. The monoisotopic (exact) mass is 510 g/mol. The number of sulfone groups is 1. The van der Waals surface area contributed by atoms with Crippen LogP contribution >= 0.6 is 0 Å². The first kappa shape index (κ1) is 25.9. The van der Waals surface area contributed by atoms with Crippen LogP contribution in [0, 0.1) is 10.1 Å². The van der Waals surface area contributed by atoms with Gasteiger partial charge in [0.05, 0.1) is 25.2 Å². The van der Waals surface area contributed by atoms with E-state index in [0.717, 1.165) is 13.4 Å². The molecule has 1 aromatic carbocycles. The fraction of sp³-hybridized carbons (Fsp3) is 0.450. The maximum Gasteiger partial charge on any atom is 0.364 e. The van der Waals surface area contributed by atoms with E-state index >= 15 is 0 Å². The minimum absolute atomic E-state index is 0.108. The van der Waals surface area contributed by atoms with E-state index in [1.54, 1.807) is 31.1 Å². The van der Waals surface area contributed by atoms with Gasteiger partial charge in [-0.1, -0.05) is 0 Å². The Morgan fingerprint density at radius 3 is 2.57 bits per heavy atom. The Morgan fingerprint density at radius 1 is 1.34 bits per heavy atom. The summed E-state index contributed by atoms with van der Waals surface area (Å²) in [6.07, 6.45) is 0.847. The van der Waals surface area contributed by atoms with Gasteiger partial charge in [-0.15, -0.1) is 0 Å². The molecular formula is C20H26N6O8S. The summed E-state index contributed by atoms with van der Waals surface area (Å²) in [5.74, 6) is -1.10. The van der Waals surface area contributed by atoms with Crippen molar-refractivity contribution < 1.29 is 32.4 Å². The number of hydroxylamine groups is 2.